The van der Waals surface area contributed by atoms with Crippen molar-refractivity contribution in [2.24, 2.45) is 0 Å². The molecule has 0 amide bonds. The molecule has 2 rings (SSSR count). The molecule has 0 aliphatic rings. The molecule has 1 aromatic carbocycles. The third kappa shape index (κ3) is 3.11. The van der Waals surface area contributed by atoms with Crippen molar-refractivity contribution in [3.63, 3.8) is 0 Å². The highest BCUT2D eigenvalue weighted by molar-refractivity contribution is 7.85. The van der Waals surface area contributed by atoms with Crippen LogP contribution in [0.25, 0.3) is 0 Å². The van der Waals surface area contributed by atoms with Crippen molar-refractivity contribution in [1.82, 2.24) is 0 Å². The molecule has 1 unspecified atom stereocenters. The number of hydrogen-bond acceptors (Lipinski definition) is 4. The van der Waals surface area contributed by atoms with Gasteiger partial charge in [-0.25, -0.2) is 0 Å². The summed E-state index contributed by atoms with van der Waals surface area (Å²) >= 11 is 1.65. The van der Waals surface area contributed by atoms with Crippen LogP contribution in [-0.2, 0) is 17.2 Å². The fraction of sp³-hybridized carbons (Fsp3) is 0.231. The highest BCUT2D eigenvalue weighted by Crippen LogP contribution is 2.23. The van der Waals surface area contributed by atoms with Crippen LogP contribution in [0.15, 0.2) is 39.9 Å². The lowest BCUT2D eigenvalue weighted by Crippen LogP contribution is -2.04. The lowest BCUT2D eigenvalue weighted by molar-refractivity contribution is 0.413. The van der Waals surface area contributed by atoms with Crippen LogP contribution in [0.4, 0.5) is 5.69 Å². The van der Waals surface area contributed by atoms with E-state index < -0.39 is 10.8 Å². The van der Waals surface area contributed by atoms with Gasteiger partial charge in [0.2, 0.25) is 0 Å². The number of anilines is 1. The summed E-state index contributed by atoms with van der Waals surface area (Å²) in [6.07, 6.45) is 0.798. The van der Waals surface area contributed by atoms with E-state index in [4.69, 9.17) is 10.5 Å². The van der Waals surface area contributed by atoms with Gasteiger partial charge in [0, 0.05) is 11.4 Å². The molecule has 0 saturated heterocycles. The van der Waals surface area contributed by atoms with Crippen LogP contribution in [0.5, 0.6) is 5.75 Å². The Morgan fingerprint density at radius 1 is 1.39 bits per heavy atom. The van der Waals surface area contributed by atoms with E-state index in [9.17, 15) is 4.21 Å². The van der Waals surface area contributed by atoms with E-state index in [1.54, 1.807) is 36.6 Å². The predicted octanol–water partition coefficient (Wildman–Crippen LogP) is 2.69. The average Bonchev–Trinajstić information content (AvgIpc) is 2.89. The SMILES string of the molecule is COc1ccc(N)c(S(=O)CCc2ccsc2)c1. The van der Waals surface area contributed by atoms with Crippen LogP contribution in [0, 0.1) is 0 Å². The molecule has 0 saturated carbocycles. The smallest absolute Gasteiger partial charge is 0.120 e. The summed E-state index contributed by atoms with van der Waals surface area (Å²) < 4.78 is 17.3. The summed E-state index contributed by atoms with van der Waals surface area (Å²) in [6.45, 7) is 0. The zero-order chi connectivity index (χ0) is 13.0. The van der Waals surface area contributed by atoms with Gasteiger partial charge in [-0.2, -0.15) is 11.3 Å². The standard InChI is InChI=1S/C13H15NO2S2/c1-16-11-2-3-12(14)13(8-11)18(15)7-5-10-4-6-17-9-10/h2-4,6,8-9H,5,7,14H2,1H3. The van der Waals surface area contributed by atoms with Crippen molar-refractivity contribution >= 4 is 27.8 Å². The van der Waals surface area contributed by atoms with Crippen molar-refractivity contribution in [3.8, 4) is 5.75 Å². The Bertz CT molecular complexity index is 538. The number of methoxy groups -OCH3 is 1. The summed E-state index contributed by atoms with van der Waals surface area (Å²) in [4.78, 5) is 0.657. The maximum Gasteiger partial charge on any atom is 0.120 e. The van der Waals surface area contributed by atoms with Crippen LogP contribution in [0.3, 0.4) is 0 Å². The highest BCUT2D eigenvalue weighted by Gasteiger charge is 2.10. The Kier molecular flexibility index (Phi) is 4.38. The molecule has 0 spiro atoms. The van der Waals surface area contributed by atoms with E-state index in [-0.39, 0.29) is 0 Å². The molecule has 0 aliphatic heterocycles. The minimum absolute atomic E-state index is 0.555. The van der Waals surface area contributed by atoms with Gasteiger partial charge < -0.3 is 10.5 Å². The normalized spacial score (nSPS) is 12.3. The number of ether oxygens (including phenoxy) is 1. The molecule has 5 heteroatoms. The minimum atomic E-state index is -1.09. The first kappa shape index (κ1) is 13.1. The number of nitrogens with two attached hydrogens (primary N) is 1. The molecular weight excluding hydrogens is 266 g/mol. The zero-order valence-corrected chi connectivity index (χ0v) is 11.7. The second-order valence-corrected chi connectivity index (χ2v) is 6.15. The topological polar surface area (TPSA) is 52.3 Å². The number of nitrogen functional groups attached to an aromatic ring is 1. The van der Waals surface area contributed by atoms with Crippen LogP contribution < -0.4 is 10.5 Å². The maximum atomic E-state index is 12.2. The molecule has 0 radical (unpaired) electrons. The molecule has 18 heavy (non-hydrogen) atoms. The quantitative estimate of drug-likeness (QED) is 0.857. The van der Waals surface area contributed by atoms with Crippen molar-refractivity contribution in [3.05, 3.63) is 40.6 Å². The van der Waals surface area contributed by atoms with Crippen molar-refractivity contribution in [2.45, 2.75) is 11.3 Å². The summed E-state index contributed by atoms with van der Waals surface area (Å²) in [5.74, 6) is 1.26. The molecule has 1 aromatic heterocycles. The van der Waals surface area contributed by atoms with Gasteiger partial charge in [-0.05, 0) is 47.0 Å². The first-order valence-corrected chi connectivity index (χ1v) is 7.80. The number of aryl methyl sites for hydroxylation is 1. The molecule has 1 heterocycles. The van der Waals surface area contributed by atoms with Crippen LogP contribution in [0.2, 0.25) is 0 Å². The summed E-state index contributed by atoms with van der Waals surface area (Å²) in [7, 11) is 0.495. The third-order valence-corrected chi connectivity index (χ3v) is 4.77. The molecule has 0 fully saturated rings. The lowest BCUT2D eigenvalue weighted by atomic mass is 10.3. The molecule has 2 N–H and O–H groups in total. The maximum absolute atomic E-state index is 12.2. The van der Waals surface area contributed by atoms with E-state index >= 15 is 0 Å². The van der Waals surface area contributed by atoms with Gasteiger partial charge in [0.25, 0.3) is 0 Å². The van der Waals surface area contributed by atoms with Gasteiger partial charge in [-0.3, -0.25) is 4.21 Å². The largest absolute Gasteiger partial charge is 0.497 e. The third-order valence-electron chi connectivity index (χ3n) is 2.62. The first-order valence-electron chi connectivity index (χ1n) is 5.53. The highest BCUT2D eigenvalue weighted by atomic mass is 32.2. The van der Waals surface area contributed by atoms with Gasteiger partial charge in [0.15, 0.2) is 0 Å². The molecule has 0 aliphatic carbocycles. The van der Waals surface area contributed by atoms with Crippen LogP contribution in [-0.4, -0.2) is 17.1 Å². The molecule has 96 valence electrons. The number of thiophene rings is 1. The summed E-state index contributed by atoms with van der Waals surface area (Å²) in [6, 6.07) is 7.31. The van der Waals surface area contributed by atoms with Crippen LogP contribution >= 0.6 is 11.3 Å². The number of benzene rings is 1. The monoisotopic (exact) mass is 281 g/mol. The molecule has 0 bridgehead atoms. The fourth-order valence-corrected chi connectivity index (χ4v) is 3.52. The van der Waals surface area contributed by atoms with Gasteiger partial charge in [0.05, 0.1) is 22.8 Å². The molecule has 2 aromatic rings. The molecule has 3 nitrogen and oxygen atoms in total. The van der Waals surface area contributed by atoms with E-state index in [2.05, 4.69) is 11.4 Å². The second-order valence-electron chi connectivity index (χ2n) is 3.84. The Hall–Kier alpha value is -1.33. The van der Waals surface area contributed by atoms with Gasteiger partial charge in [-0.15, -0.1) is 0 Å². The van der Waals surface area contributed by atoms with E-state index in [0.717, 1.165) is 6.42 Å². The van der Waals surface area contributed by atoms with Crippen molar-refractivity contribution in [1.29, 1.82) is 0 Å². The van der Waals surface area contributed by atoms with Crippen molar-refractivity contribution < 1.29 is 8.95 Å². The predicted molar refractivity (Wildman–Crippen MR) is 76.7 cm³/mol. The van der Waals surface area contributed by atoms with E-state index in [0.29, 0.717) is 22.1 Å². The van der Waals surface area contributed by atoms with Gasteiger partial charge in [-0.1, -0.05) is 0 Å². The van der Waals surface area contributed by atoms with Crippen LogP contribution in [0.1, 0.15) is 5.56 Å². The summed E-state index contributed by atoms with van der Waals surface area (Å²) in [5, 5.41) is 4.10. The zero-order valence-electron chi connectivity index (χ0n) is 10.1. The van der Waals surface area contributed by atoms with Gasteiger partial charge in [0.1, 0.15) is 5.75 Å². The fourth-order valence-electron chi connectivity index (χ4n) is 1.59. The Labute approximate surface area is 113 Å². The molecular formula is C13H15NO2S2. The lowest BCUT2D eigenvalue weighted by Gasteiger charge is -2.07. The molecule has 1 atom stereocenters. The Balaban J connectivity index is 2.08. The second kappa shape index (κ2) is 6.02. The van der Waals surface area contributed by atoms with E-state index in [1.165, 1.54) is 5.56 Å². The number of rotatable bonds is 5. The first-order chi connectivity index (χ1) is 8.70. The Morgan fingerprint density at radius 3 is 2.89 bits per heavy atom. The summed E-state index contributed by atoms with van der Waals surface area (Å²) in [5.41, 5.74) is 7.62. The van der Waals surface area contributed by atoms with Crippen molar-refractivity contribution in [2.75, 3.05) is 18.6 Å². The Morgan fingerprint density at radius 2 is 2.22 bits per heavy atom. The van der Waals surface area contributed by atoms with E-state index in [1.807, 2.05) is 5.38 Å². The minimum Gasteiger partial charge on any atom is -0.497 e. The van der Waals surface area contributed by atoms with Gasteiger partial charge >= 0.3 is 0 Å². The average molecular weight is 281 g/mol. The number of hydrogen-bond donors (Lipinski definition) is 1.